The van der Waals surface area contributed by atoms with Crippen molar-refractivity contribution in [3.05, 3.63) is 11.9 Å². The Morgan fingerprint density at radius 2 is 1.94 bits per heavy atom. The highest BCUT2D eigenvalue weighted by atomic mass is 32.2. The molecule has 18 heavy (non-hydrogen) atoms. The normalized spacial score (nSPS) is 12.3. The minimum absolute atomic E-state index is 0.280. The maximum atomic E-state index is 12.2. The maximum absolute atomic E-state index is 12.2. The van der Waals surface area contributed by atoms with E-state index >= 15 is 0 Å². The third-order valence-electron chi connectivity index (χ3n) is 1.86. The number of rotatable bonds is 3. The van der Waals surface area contributed by atoms with Crippen molar-refractivity contribution in [2.75, 3.05) is 7.11 Å². The molecule has 0 aliphatic rings. The summed E-state index contributed by atoms with van der Waals surface area (Å²) in [5, 5.41) is 4.84. The van der Waals surface area contributed by atoms with Crippen molar-refractivity contribution in [1.29, 1.82) is 0 Å². The quantitative estimate of drug-likeness (QED) is 0.893. The molecule has 0 amide bonds. The Morgan fingerprint density at radius 3 is 2.33 bits per heavy atom. The Kier molecular flexibility index (Phi) is 3.72. The molecule has 0 atom stereocenters. The van der Waals surface area contributed by atoms with E-state index in [2.05, 4.69) is 14.5 Å². The number of halogens is 3. The minimum atomic E-state index is -5.07. The van der Waals surface area contributed by atoms with Crippen molar-refractivity contribution >= 4 is 10.0 Å². The average Bonchev–Trinajstić information content (AvgIpc) is 2.17. The van der Waals surface area contributed by atoms with Gasteiger partial charge in [-0.15, -0.1) is 13.2 Å². The van der Waals surface area contributed by atoms with Crippen LogP contribution in [-0.2, 0) is 10.0 Å². The lowest BCUT2D eigenvalue weighted by Gasteiger charge is -2.15. The second kappa shape index (κ2) is 4.61. The maximum Gasteiger partial charge on any atom is 0.573 e. The van der Waals surface area contributed by atoms with E-state index in [0.717, 1.165) is 20.2 Å². The van der Waals surface area contributed by atoms with Crippen LogP contribution in [0.15, 0.2) is 11.1 Å². The highest BCUT2D eigenvalue weighted by Crippen LogP contribution is 2.36. The average molecular weight is 286 g/mol. The largest absolute Gasteiger partial charge is 0.573 e. The van der Waals surface area contributed by atoms with E-state index in [9.17, 15) is 21.6 Å². The molecule has 0 saturated carbocycles. The van der Waals surface area contributed by atoms with Crippen LogP contribution in [0.5, 0.6) is 11.5 Å². The Labute approximate surface area is 101 Å². The molecule has 0 saturated heterocycles. The molecule has 2 N–H and O–H groups in total. The van der Waals surface area contributed by atoms with Gasteiger partial charge in [-0.1, -0.05) is 0 Å². The number of hydrogen-bond donors (Lipinski definition) is 1. The number of nitrogens with two attached hydrogens (primary N) is 1. The highest BCUT2D eigenvalue weighted by Gasteiger charge is 2.36. The first-order valence-corrected chi connectivity index (χ1v) is 5.93. The van der Waals surface area contributed by atoms with Gasteiger partial charge >= 0.3 is 6.36 Å². The fourth-order valence-electron chi connectivity index (χ4n) is 1.20. The van der Waals surface area contributed by atoms with E-state index in [1.165, 1.54) is 0 Å². The second-order valence-corrected chi connectivity index (χ2v) is 4.66. The van der Waals surface area contributed by atoms with Gasteiger partial charge in [0.1, 0.15) is 0 Å². The summed E-state index contributed by atoms with van der Waals surface area (Å²) in [6, 6.07) is 0. The lowest BCUT2D eigenvalue weighted by atomic mass is 10.3. The van der Waals surface area contributed by atoms with E-state index in [-0.39, 0.29) is 5.69 Å². The Bertz CT molecular complexity index is 556. The molecule has 0 fully saturated rings. The lowest BCUT2D eigenvalue weighted by Crippen LogP contribution is -2.22. The summed E-state index contributed by atoms with van der Waals surface area (Å²) in [5.74, 6) is -1.42. The van der Waals surface area contributed by atoms with Crippen LogP contribution in [0.2, 0.25) is 0 Å². The van der Waals surface area contributed by atoms with Crippen LogP contribution < -0.4 is 14.6 Å². The van der Waals surface area contributed by atoms with Gasteiger partial charge in [-0.25, -0.2) is 13.6 Å². The highest BCUT2D eigenvalue weighted by molar-refractivity contribution is 7.89. The first-order valence-electron chi connectivity index (χ1n) is 4.38. The smallest absolute Gasteiger partial charge is 0.494 e. The zero-order valence-electron chi connectivity index (χ0n) is 9.28. The van der Waals surface area contributed by atoms with Crippen LogP contribution in [-0.4, -0.2) is 26.9 Å². The Balaban J connectivity index is 3.57. The van der Waals surface area contributed by atoms with Crippen molar-refractivity contribution in [2.24, 2.45) is 5.14 Å². The standard InChI is InChI=1S/C8H9F3N2O4S/c1-4-6(17-8(9,10)11)7(18(12,14)15)5(16-2)3-13-4/h3H,1-2H3,(H2,12,14,15). The van der Waals surface area contributed by atoms with Gasteiger partial charge in [0, 0.05) is 0 Å². The molecule has 0 aliphatic heterocycles. The number of hydrogen-bond acceptors (Lipinski definition) is 5. The second-order valence-electron chi connectivity index (χ2n) is 3.16. The van der Waals surface area contributed by atoms with Crippen molar-refractivity contribution < 1.29 is 31.1 Å². The van der Waals surface area contributed by atoms with Crippen LogP contribution in [0.3, 0.4) is 0 Å². The number of sulfonamides is 1. The van der Waals surface area contributed by atoms with Crippen LogP contribution in [0.1, 0.15) is 5.69 Å². The Morgan fingerprint density at radius 1 is 1.39 bits per heavy atom. The summed E-state index contributed by atoms with van der Waals surface area (Å²) in [6.45, 7) is 1.15. The van der Waals surface area contributed by atoms with E-state index < -0.39 is 32.8 Å². The number of pyridine rings is 1. The van der Waals surface area contributed by atoms with Crippen molar-refractivity contribution in [3.63, 3.8) is 0 Å². The molecule has 0 aliphatic carbocycles. The van der Waals surface area contributed by atoms with Crippen molar-refractivity contribution in [2.45, 2.75) is 18.2 Å². The summed E-state index contributed by atoms with van der Waals surface area (Å²) in [6.07, 6.45) is -4.13. The van der Waals surface area contributed by atoms with Gasteiger partial charge in [0.15, 0.2) is 16.4 Å². The molecule has 0 unspecified atom stereocenters. The topological polar surface area (TPSA) is 91.5 Å². The molecule has 0 radical (unpaired) electrons. The molecular formula is C8H9F3N2O4S. The summed E-state index contributed by atoms with van der Waals surface area (Å²) in [7, 11) is -3.39. The van der Waals surface area contributed by atoms with Crippen LogP contribution in [0.25, 0.3) is 0 Å². The molecule has 1 aromatic heterocycles. The van der Waals surface area contributed by atoms with E-state index in [0.29, 0.717) is 0 Å². The SMILES string of the molecule is COc1cnc(C)c(OC(F)(F)F)c1S(N)(=O)=O. The molecule has 1 aromatic rings. The number of nitrogens with zero attached hydrogens (tertiary/aromatic N) is 1. The summed E-state index contributed by atoms with van der Waals surface area (Å²) in [5.41, 5.74) is -0.280. The van der Waals surface area contributed by atoms with Gasteiger partial charge in [-0.2, -0.15) is 0 Å². The molecule has 1 heterocycles. The van der Waals surface area contributed by atoms with Gasteiger partial charge in [-0.05, 0) is 6.92 Å². The molecule has 0 spiro atoms. The van der Waals surface area contributed by atoms with E-state index in [4.69, 9.17) is 5.14 Å². The fraction of sp³-hybridized carbons (Fsp3) is 0.375. The molecule has 102 valence electrons. The van der Waals surface area contributed by atoms with Crippen molar-refractivity contribution in [1.82, 2.24) is 4.98 Å². The van der Waals surface area contributed by atoms with Crippen LogP contribution >= 0.6 is 0 Å². The zero-order chi connectivity index (χ0) is 14.1. The first kappa shape index (κ1) is 14.5. The molecule has 10 heteroatoms. The number of alkyl halides is 3. The molecule has 0 aromatic carbocycles. The fourth-order valence-corrected chi connectivity index (χ4v) is 2.06. The van der Waals surface area contributed by atoms with Gasteiger partial charge in [0.2, 0.25) is 10.0 Å². The van der Waals surface area contributed by atoms with Gasteiger partial charge in [0.25, 0.3) is 0 Å². The minimum Gasteiger partial charge on any atom is -0.494 e. The number of aromatic nitrogens is 1. The number of primary sulfonamides is 1. The summed E-state index contributed by atoms with van der Waals surface area (Å²) < 4.78 is 67.4. The summed E-state index contributed by atoms with van der Waals surface area (Å²) >= 11 is 0. The van der Waals surface area contributed by atoms with E-state index in [1.807, 2.05) is 0 Å². The third kappa shape index (κ3) is 3.23. The number of aryl methyl sites for hydroxylation is 1. The predicted octanol–water partition coefficient (Wildman–Crippen LogP) is 0.945. The predicted molar refractivity (Wildman–Crippen MR) is 53.6 cm³/mol. The number of ether oxygens (including phenoxy) is 2. The third-order valence-corrected chi connectivity index (χ3v) is 2.81. The monoisotopic (exact) mass is 286 g/mol. The summed E-state index contributed by atoms with van der Waals surface area (Å²) in [4.78, 5) is 2.64. The first-order chi connectivity index (χ1) is 8.06. The molecular weight excluding hydrogens is 277 g/mol. The van der Waals surface area contributed by atoms with Gasteiger partial charge < -0.3 is 9.47 Å². The molecule has 6 nitrogen and oxygen atoms in total. The number of methoxy groups -OCH3 is 1. The van der Waals surface area contributed by atoms with Crippen LogP contribution in [0.4, 0.5) is 13.2 Å². The molecule has 1 rings (SSSR count). The lowest BCUT2D eigenvalue weighted by molar-refractivity contribution is -0.276. The van der Waals surface area contributed by atoms with Crippen molar-refractivity contribution in [3.8, 4) is 11.5 Å². The molecule has 0 bridgehead atoms. The Hall–Kier alpha value is -1.55. The van der Waals surface area contributed by atoms with E-state index in [1.54, 1.807) is 0 Å². The van der Waals surface area contributed by atoms with Gasteiger partial charge in [0.05, 0.1) is 19.0 Å². The van der Waals surface area contributed by atoms with Gasteiger partial charge in [-0.3, -0.25) is 4.98 Å². The van der Waals surface area contributed by atoms with Crippen LogP contribution in [0, 0.1) is 6.92 Å². The zero-order valence-corrected chi connectivity index (χ0v) is 10.1.